The molecular weight excluding hydrogens is 361 g/mol. The lowest BCUT2D eigenvalue weighted by atomic mass is 10.1. The minimum atomic E-state index is -0.660. The first kappa shape index (κ1) is 19.0. The standard InChI is InChI=1S/C19H17Cl2NO3/c1-12-5-3-6-13(2)19(12)22-17(23)11-25-18(24)10-9-14-15(20)7-4-8-16(14)21/h3-10H,11H2,1-2H3,(H,22,23)/b10-9+. The third kappa shape index (κ3) is 5.34. The number of halogens is 2. The van der Waals surface area contributed by atoms with Gasteiger partial charge in [-0.1, -0.05) is 47.5 Å². The molecule has 1 N–H and O–H groups in total. The van der Waals surface area contributed by atoms with Crippen molar-refractivity contribution in [1.29, 1.82) is 0 Å². The van der Waals surface area contributed by atoms with Crippen molar-refractivity contribution in [2.24, 2.45) is 0 Å². The van der Waals surface area contributed by atoms with E-state index in [2.05, 4.69) is 5.32 Å². The molecule has 0 aliphatic rings. The third-order valence-electron chi connectivity index (χ3n) is 3.48. The number of amides is 1. The average Bonchev–Trinajstić information content (AvgIpc) is 2.56. The molecule has 2 aromatic carbocycles. The van der Waals surface area contributed by atoms with E-state index in [1.807, 2.05) is 32.0 Å². The number of hydrogen-bond donors (Lipinski definition) is 1. The van der Waals surface area contributed by atoms with Crippen molar-refractivity contribution < 1.29 is 14.3 Å². The number of benzene rings is 2. The Morgan fingerprint density at radius 3 is 2.20 bits per heavy atom. The fraction of sp³-hybridized carbons (Fsp3) is 0.158. The second-order valence-electron chi connectivity index (χ2n) is 5.39. The molecule has 2 aromatic rings. The number of ether oxygens (including phenoxy) is 1. The summed E-state index contributed by atoms with van der Waals surface area (Å²) in [6.45, 7) is 3.41. The van der Waals surface area contributed by atoms with E-state index in [-0.39, 0.29) is 6.61 Å². The van der Waals surface area contributed by atoms with Crippen LogP contribution in [0.2, 0.25) is 10.0 Å². The van der Waals surface area contributed by atoms with E-state index in [0.717, 1.165) is 16.8 Å². The summed E-state index contributed by atoms with van der Waals surface area (Å²) < 4.78 is 4.93. The number of nitrogens with one attached hydrogen (secondary N) is 1. The van der Waals surface area contributed by atoms with Crippen LogP contribution in [0.25, 0.3) is 6.08 Å². The number of esters is 1. The molecule has 1 amide bonds. The summed E-state index contributed by atoms with van der Waals surface area (Å²) in [4.78, 5) is 23.7. The molecule has 0 bridgehead atoms. The number of aryl methyl sites for hydroxylation is 2. The normalized spacial score (nSPS) is 10.7. The van der Waals surface area contributed by atoms with Gasteiger partial charge in [-0.05, 0) is 43.2 Å². The Morgan fingerprint density at radius 1 is 1.04 bits per heavy atom. The van der Waals surface area contributed by atoms with Crippen molar-refractivity contribution in [1.82, 2.24) is 0 Å². The van der Waals surface area contributed by atoms with E-state index >= 15 is 0 Å². The number of rotatable bonds is 5. The average molecular weight is 378 g/mol. The van der Waals surface area contributed by atoms with Gasteiger partial charge in [-0.15, -0.1) is 0 Å². The van der Waals surface area contributed by atoms with Gasteiger partial charge in [-0.2, -0.15) is 0 Å². The Kier molecular flexibility index (Phi) is 6.62. The van der Waals surface area contributed by atoms with Crippen LogP contribution in [0.4, 0.5) is 5.69 Å². The molecule has 0 aromatic heterocycles. The van der Waals surface area contributed by atoms with Gasteiger partial charge in [0.1, 0.15) is 0 Å². The van der Waals surface area contributed by atoms with Gasteiger partial charge in [0.05, 0.1) is 0 Å². The molecule has 2 rings (SSSR count). The first-order valence-electron chi connectivity index (χ1n) is 7.53. The van der Waals surface area contributed by atoms with Gasteiger partial charge < -0.3 is 10.1 Å². The Labute approximate surface area is 156 Å². The molecule has 6 heteroatoms. The number of hydrogen-bond acceptors (Lipinski definition) is 3. The number of carbonyl (C=O) groups excluding carboxylic acids is 2. The molecule has 0 aliphatic heterocycles. The highest BCUT2D eigenvalue weighted by Gasteiger charge is 2.09. The van der Waals surface area contributed by atoms with Crippen molar-refractivity contribution in [2.45, 2.75) is 13.8 Å². The van der Waals surface area contributed by atoms with Crippen molar-refractivity contribution in [3.8, 4) is 0 Å². The van der Waals surface area contributed by atoms with E-state index in [0.29, 0.717) is 15.6 Å². The molecule has 130 valence electrons. The molecule has 4 nitrogen and oxygen atoms in total. The first-order chi connectivity index (χ1) is 11.9. The summed E-state index contributed by atoms with van der Waals surface area (Å²) in [5.41, 5.74) is 3.12. The smallest absolute Gasteiger partial charge is 0.331 e. The maximum absolute atomic E-state index is 11.9. The summed E-state index contributed by atoms with van der Waals surface area (Å²) in [6.07, 6.45) is 2.63. The minimum Gasteiger partial charge on any atom is -0.452 e. The van der Waals surface area contributed by atoms with Crippen LogP contribution in [-0.4, -0.2) is 18.5 Å². The maximum Gasteiger partial charge on any atom is 0.331 e. The molecule has 0 saturated heterocycles. The Bertz CT molecular complexity index is 791. The van der Waals surface area contributed by atoms with Crippen LogP contribution in [0.1, 0.15) is 16.7 Å². The lowest BCUT2D eigenvalue weighted by molar-refractivity contribution is -0.142. The fourth-order valence-corrected chi connectivity index (χ4v) is 2.72. The molecule has 0 fully saturated rings. The zero-order valence-corrected chi connectivity index (χ0v) is 15.3. The highest BCUT2D eigenvalue weighted by molar-refractivity contribution is 6.37. The van der Waals surface area contributed by atoms with Crippen molar-refractivity contribution in [2.75, 3.05) is 11.9 Å². The lowest BCUT2D eigenvalue weighted by Gasteiger charge is -2.11. The SMILES string of the molecule is Cc1cccc(C)c1NC(=O)COC(=O)/C=C/c1c(Cl)cccc1Cl. The van der Waals surface area contributed by atoms with Gasteiger partial charge in [0.25, 0.3) is 5.91 Å². The molecule has 0 radical (unpaired) electrons. The van der Waals surface area contributed by atoms with Gasteiger partial charge in [-0.3, -0.25) is 4.79 Å². The maximum atomic E-state index is 11.9. The molecule has 0 spiro atoms. The third-order valence-corrected chi connectivity index (χ3v) is 4.14. The van der Waals surface area contributed by atoms with Crippen molar-refractivity contribution >= 4 is 46.8 Å². The number of carbonyl (C=O) groups is 2. The van der Waals surface area contributed by atoms with Gasteiger partial charge in [0, 0.05) is 27.4 Å². The summed E-state index contributed by atoms with van der Waals surface area (Å²) in [5, 5.41) is 3.58. The minimum absolute atomic E-state index is 0.382. The highest BCUT2D eigenvalue weighted by Crippen LogP contribution is 2.25. The summed E-state index contributed by atoms with van der Waals surface area (Å²) >= 11 is 12.0. The molecule has 25 heavy (non-hydrogen) atoms. The van der Waals surface area contributed by atoms with Crippen molar-refractivity contribution in [3.63, 3.8) is 0 Å². The van der Waals surface area contributed by atoms with Crippen molar-refractivity contribution in [3.05, 3.63) is 69.2 Å². The lowest BCUT2D eigenvalue weighted by Crippen LogP contribution is -2.21. The molecule has 0 saturated carbocycles. The van der Waals surface area contributed by atoms with E-state index in [1.165, 1.54) is 12.2 Å². The Morgan fingerprint density at radius 2 is 1.60 bits per heavy atom. The zero-order valence-electron chi connectivity index (χ0n) is 13.8. The van der Waals surface area contributed by atoms with Crippen LogP contribution in [0.3, 0.4) is 0 Å². The topological polar surface area (TPSA) is 55.4 Å². The largest absolute Gasteiger partial charge is 0.452 e. The quantitative estimate of drug-likeness (QED) is 0.600. The van der Waals surface area contributed by atoms with Crippen LogP contribution in [0.15, 0.2) is 42.5 Å². The molecule has 0 atom stereocenters. The predicted molar refractivity (Wildman–Crippen MR) is 101 cm³/mol. The summed E-state index contributed by atoms with van der Waals surface area (Å²) in [6, 6.07) is 10.7. The van der Waals surface area contributed by atoms with E-state index < -0.39 is 11.9 Å². The monoisotopic (exact) mass is 377 g/mol. The van der Waals surface area contributed by atoms with Crippen LogP contribution >= 0.6 is 23.2 Å². The van der Waals surface area contributed by atoms with Crippen LogP contribution in [0.5, 0.6) is 0 Å². The van der Waals surface area contributed by atoms with Crippen LogP contribution in [0, 0.1) is 13.8 Å². The second-order valence-corrected chi connectivity index (χ2v) is 6.21. The van der Waals surface area contributed by atoms with Crippen LogP contribution in [-0.2, 0) is 14.3 Å². The zero-order chi connectivity index (χ0) is 18.4. The summed E-state index contributed by atoms with van der Waals surface area (Å²) in [7, 11) is 0. The molecule has 0 heterocycles. The fourth-order valence-electron chi connectivity index (χ4n) is 2.19. The molecular formula is C19H17Cl2NO3. The van der Waals surface area contributed by atoms with E-state index in [9.17, 15) is 9.59 Å². The van der Waals surface area contributed by atoms with E-state index in [1.54, 1.807) is 18.2 Å². The second kappa shape index (κ2) is 8.70. The molecule has 0 unspecified atom stereocenters. The summed E-state index contributed by atoms with van der Waals surface area (Å²) in [5.74, 6) is -1.07. The van der Waals surface area contributed by atoms with Gasteiger partial charge >= 0.3 is 5.97 Å². The van der Waals surface area contributed by atoms with Gasteiger partial charge in [0.2, 0.25) is 0 Å². The van der Waals surface area contributed by atoms with E-state index in [4.69, 9.17) is 27.9 Å². The van der Waals surface area contributed by atoms with Crippen LogP contribution < -0.4 is 5.32 Å². The number of para-hydroxylation sites is 1. The Hall–Kier alpha value is -2.30. The Balaban J connectivity index is 1.91. The first-order valence-corrected chi connectivity index (χ1v) is 8.29. The predicted octanol–water partition coefficient (Wildman–Crippen LogP) is 4.81. The molecule has 0 aliphatic carbocycles. The van der Waals surface area contributed by atoms with Gasteiger partial charge in [0.15, 0.2) is 6.61 Å². The van der Waals surface area contributed by atoms with Gasteiger partial charge in [-0.25, -0.2) is 4.79 Å². The number of anilines is 1. The highest BCUT2D eigenvalue weighted by atomic mass is 35.5.